The number of allylic oxidation sites excluding steroid dienone is 1. The van der Waals surface area contributed by atoms with Gasteiger partial charge in [-0.25, -0.2) is 0 Å². The number of hydrogen-bond donors (Lipinski definition) is 1. The first-order valence-electron chi connectivity index (χ1n) is 9.22. The van der Waals surface area contributed by atoms with Gasteiger partial charge in [-0.1, -0.05) is 46.1 Å². The number of aromatic nitrogens is 1. The Morgan fingerprint density at radius 3 is 2.27 bits per heavy atom. The molecule has 1 aromatic rings. The molecule has 0 aromatic carbocycles. The molecular formula is C20H38N2. The minimum atomic E-state index is 1.07. The summed E-state index contributed by atoms with van der Waals surface area (Å²) in [7, 11) is 2.25. The van der Waals surface area contributed by atoms with Crippen LogP contribution in [0.3, 0.4) is 0 Å². The third kappa shape index (κ3) is 9.83. The lowest BCUT2D eigenvalue weighted by atomic mass is 10.0. The van der Waals surface area contributed by atoms with Crippen molar-refractivity contribution in [3.05, 3.63) is 36.2 Å². The lowest BCUT2D eigenvalue weighted by molar-refractivity contribution is 0.320. The maximum absolute atomic E-state index is 3.80. The van der Waals surface area contributed by atoms with Crippen molar-refractivity contribution in [1.82, 2.24) is 9.88 Å². The summed E-state index contributed by atoms with van der Waals surface area (Å²) in [5, 5.41) is 0. The molecule has 0 atom stereocenters. The van der Waals surface area contributed by atoms with E-state index in [0.29, 0.717) is 0 Å². The van der Waals surface area contributed by atoms with E-state index in [1.54, 1.807) is 0 Å². The first-order chi connectivity index (χ1) is 10.8. The van der Waals surface area contributed by atoms with Crippen LogP contribution in [0.25, 0.3) is 0 Å². The van der Waals surface area contributed by atoms with Gasteiger partial charge in [-0.3, -0.25) is 0 Å². The molecule has 1 rings (SSSR count). The summed E-state index contributed by atoms with van der Waals surface area (Å²) in [6, 6.07) is 0. The Balaban J connectivity index is 0.00000211. The second kappa shape index (κ2) is 14.9. The second-order valence-corrected chi connectivity index (χ2v) is 5.80. The van der Waals surface area contributed by atoms with Gasteiger partial charge in [0.25, 0.3) is 0 Å². The predicted octanol–water partition coefficient (Wildman–Crippen LogP) is 5.60. The maximum Gasteiger partial charge on any atom is 0.00403 e. The second-order valence-electron chi connectivity index (χ2n) is 5.80. The van der Waals surface area contributed by atoms with Crippen LogP contribution in [0.1, 0.15) is 70.4 Å². The Bertz CT molecular complexity index is 354. The van der Waals surface area contributed by atoms with Crippen molar-refractivity contribution in [2.75, 3.05) is 20.1 Å². The summed E-state index contributed by atoms with van der Waals surface area (Å²) in [5.41, 5.74) is 2.96. The minimum Gasteiger partial charge on any atom is -0.367 e. The first kappa shape index (κ1) is 21.0. The average Bonchev–Trinajstić information content (AvgIpc) is 2.99. The van der Waals surface area contributed by atoms with Crippen LogP contribution in [0.15, 0.2) is 25.0 Å². The van der Waals surface area contributed by atoms with Crippen molar-refractivity contribution < 1.29 is 0 Å². The number of aromatic amines is 1. The van der Waals surface area contributed by atoms with E-state index in [9.17, 15) is 0 Å². The average molecular weight is 307 g/mol. The number of nitrogens with zero attached hydrogens (tertiary/aromatic N) is 1. The van der Waals surface area contributed by atoms with Crippen molar-refractivity contribution in [3.63, 3.8) is 0 Å². The Morgan fingerprint density at radius 2 is 1.64 bits per heavy atom. The third-order valence-corrected chi connectivity index (χ3v) is 3.92. The van der Waals surface area contributed by atoms with Gasteiger partial charge in [-0.05, 0) is 63.4 Å². The third-order valence-electron chi connectivity index (χ3n) is 3.92. The molecular weight excluding hydrogens is 268 g/mol. The Hall–Kier alpha value is -1.02. The maximum atomic E-state index is 3.80. The Morgan fingerprint density at radius 1 is 1.00 bits per heavy atom. The smallest absolute Gasteiger partial charge is 0.00403 e. The molecule has 0 radical (unpaired) electrons. The molecule has 0 aliphatic carbocycles. The molecule has 22 heavy (non-hydrogen) atoms. The summed E-state index contributed by atoms with van der Waals surface area (Å²) in [6.07, 6.45) is 16.4. The molecule has 0 saturated carbocycles. The predicted molar refractivity (Wildman–Crippen MR) is 101 cm³/mol. The van der Waals surface area contributed by atoms with E-state index in [1.807, 2.05) is 19.9 Å². The van der Waals surface area contributed by atoms with E-state index < -0.39 is 0 Å². The highest BCUT2D eigenvalue weighted by molar-refractivity contribution is 5.23. The number of aryl methyl sites for hydroxylation is 2. The van der Waals surface area contributed by atoms with Crippen LogP contribution in [0, 0.1) is 0 Å². The highest BCUT2D eigenvalue weighted by Gasteiger charge is 2.04. The van der Waals surface area contributed by atoms with Gasteiger partial charge < -0.3 is 9.88 Å². The van der Waals surface area contributed by atoms with Gasteiger partial charge in [0, 0.05) is 12.4 Å². The normalized spacial score (nSPS) is 10.4. The van der Waals surface area contributed by atoms with Crippen LogP contribution in [-0.2, 0) is 12.8 Å². The van der Waals surface area contributed by atoms with Crippen LogP contribution in [0.5, 0.6) is 0 Å². The molecule has 0 saturated heterocycles. The molecule has 2 nitrogen and oxygen atoms in total. The molecule has 1 N–H and O–H groups in total. The molecule has 128 valence electrons. The monoisotopic (exact) mass is 306 g/mol. The molecule has 0 aliphatic heterocycles. The van der Waals surface area contributed by atoms with E-state index in [2.05, 4.69) is 42.8 Å². The lowest BCUT2D eigenvalue weighted by Crippen LogP contribution is -2.21. The molecule has 0 aliphatic rings. The number of hydrogen-bond acceptors (Lipinski definition) is 1. The Labute approximate surface area is 139 Å². The summed E-state index contributed by atoms with van der Waals surface area (Å²) in [5.74, 6) is 0. The summed E-state index contributed by atoms with van der Waals surface area (Å²) in [4.78, 5) is 5.72. The van der Waals surface area contributed by atoms with E-state index in [-0.39, 0.29) is 0 Å². The highest BCUT2D eigenvalue weighted by atomic mass is 15.1. The van der Waals surface area contributed by atoms with Crippen LogP contribution in [-0.4, -0.2) is 30.0 Å². The summed E-state index contributed by atoms with van der Waals surface area (Å²) in [6.45, 7) is 12.5. The van der Waals surface area contributed by atoms with Crippen LogP contribution >= 0.6 is 0 Å². The fourth-order valence-corrected chi connectivity index (χ4v) is 2.61. The van der Waals surface area contributed by atoms with Gasteiger partial charge in [0.05, 0.1) is 0 Å². The van der Waals surface area contributed by atoms with Crippen molar-refractivity contribution in [3.8, 4) is 0 Å². The molecule has 1 aromatic heterocycles. The zero-order valence-electron chi connectivity index (χ0n) is 15.5. The molecule has 0 amide bonds. The van der Waals surface area contributed by atoms with E-state index in [4.69, 9.17) is 0 Å². The molecule has 0 spiro atoms. The molecule has 0 bridgehead atoms. The van der Waals surface area contributed by atoms with Crippen LogP contribution in [0.2, 0.25) is 0 Å². The number of nitrogens with one attached hydrogen (secondary N) is 1. The van der Waals surface area contributed by atoms with Crippen molar-refractivity contribution >= 4 is 0 Å². The molecule has 0 unspecified atom stereocenters. The summed E-state index contributed by atoms with van der Waals surface area (Å²) >= 11 is 0. The highest BCUT2D eigenvalue weighted by Crippen LogP contribution is 2.13. The van der Waals surface area contributed by atoms with Gasteiger partial charge in [0.2, 0.25) is 0 Å². The standard InChI is InChI=1S/C18H32N2.C2H6/c1-4-6-8-9-13-20(3)14-10-12-18-16-19-15-17(18)11-7-5-2;1-2/h5,15-16,19H,2,4,6-14H2,1,3H3;1-2H3. The van der Waals surface area contributed by atoms with Gasteiger partial charge in [-0.15, -0.1) is 6.58 Å². The minimum absolute atomic E-state index is 1.07. The van der Waals surface area contributed by atoms with Gasteiger partial charge in [0.1, 0.15) is 0 Å². The largest absolute Gasteiger partial charge is 0.367 e. The van der Waals surface area contributed by atoms with E-state index in [1.165, 1.54) is 62.7 Å². The number of unbranched alkanes of at least 4 members (excludes halogenated alkanes) is 3. The fourth-order valence-electron chi connectivity index (χ4n) is 2.61. The van der Waals surface area contributed by atoms with Gasteiger partial charge in [0.15, 0.2) is 0 Å². The van der Waals surface area contributed by atoms with Gasteiger partial charge >= 0.3 is 0 Å². The SMILES string of the molecule is C=CCCc1c[nH]cc1CCCN(C)CCCCCC.CC. The lowest BCUT2D eigenvalue weighted by Gasteiger charge is -2.16. The number of rotatable bonds is 12. The van der Waals surface area contributed by atoms with Crippen molar-refractivity contribution in [2.45, 2.75) is 72.1 Å². The summed E-state index contributed by atoms with van der Waals surface area (Å²) < 4.78 is 0. The van der Waals surface area contributed by atoms with Crippen LogP contribution < -0.4 is 0 Å². The first-order valence-corrected chi connectivity index (χ1v) is 9.22. The van der Waals surface area contributed by atoms with E-state index >= 15 is 0 Å². The Kier molecular flexibility index (Phi) is 14.2. The zero-order chi connectivity index (χ0) is 16.6. The van der Waals surface area contributed by atoms with Crippen molar-refractivity contribution in [1.29, 1.82) is 0 Å². The quantitative estimate of drug-likeness (QED) is 0.393. The molecule has 0 fully saturated rings. The zero-order valence-corrected chi connectivity index (χ0v) is 15.5. The molecule has 2 heteroatoms. The van der Waals surface area contributed by atoms with E-state index in [0.717, 1.165) is 12.8 Å². The van der Waals surface area contributed by atoms with Crippen LogP contribution in [0.4, 0.5) is 0 Å². The number of H-pyrrole nitrogens is 1. The van der Waals surface area contributed by atoms with Crippen molar-refractivity contribution in [2.24, 2.45) is 0 Å². The fraction of sp³-hybridized carbons (Fsp3) is 0.700. The topological polar surface area (TPSA) is 19.0 Å². The molecule has 1 heterocycles. The van der Waals surface area contributed by atoms with Gasteiger partial charge in [-0.2, -0.15) is 0 Å².